The van der Waals surface area contributed by atoms with Gasteiger partial charge in [-0.1, -0.05) is 18.5 Å². The molecule has 0 amide bonds. The third-order valence-corrected chi connectivity index (χ3v) is 5.20. The SMILES string of the molecule is CCCc1noc(C/C(=C(/N)c2ccc(OC3CCCCC3)c(C)n2)N(C)N)n1. The summed E-state index contributed by atoms with van der Waals surface area (Å²) in [7, 11) is 1.74. The minimum atomic E-state index is 0.281. The van der Waals surface area contributed by atoms with Crippen LogP contribution in [0.1, 0.15) is 68.6 Å². The molecule has 8 heteroatoms. The largest absolute Gasteiger partial charge is 0.489 e. The van der Waals surface area contributed by atoms with Crippen LogP contribution in [-0.2, 0) is 12.8 Å². The highest BCUT2D eigenvalue weighted by atomic mass is 16.5. The first kappa shape index (κ1) is 21.1. The van der Waals surface area contributed by atoms with Crippen LogP contribution in [0.4, 0.5) is 0 Å². The third kappa shape index (κ3) is 5.47. The summed E-state index contributed by atoms with van der Waals surface area (Å²) in [4.78, 5) is 9.07. The van der Waals surface area contributed by atoms with E-state index in [1.807, 2.05) is 19.1 Å². The first-order valence-electron chi connectivity index (χ1n) is 10.4. The Morgan fingerprint density at radius 3 is 2.66 bits per heavy atom. The van der Waals surface area contributed by atoms with Crippen LogP contribution in [0.5, 0.6) is 5.75 Å². The summed E-state index contributed by atoms with van der Waals surface area (Å²) in [6, 6.07) is 3.82. The van der Waals surface area contributed by atoms with Crippen LogP contribution < -0.4 is 16.3 Å². The van der Waals surface area contributed by atoms with Crippen molar-refractivity contribution in [2.75, 3.05) is 7.05 Å². The summed E-state index contributed by atoms with van der Waals surface area (Å²) in [6.45, 7) is 4.01. The van der Waals surface area contributed by atoms with Crippen LogP contribution >= 0.6 is 0 Å². The van der Waals surface area contributed by atoms with E-state index in [1.54, 1.807) is 7.05 Å². The lowest BCUT2D eigenvalue weighted by molar-refractivity contribution is 0.153. The van der Waals surface area contributed by atoms with Crippen molar-refractivity contribution in [1.82, 2.24) is 20.1 Å². The Hall–Kier alpha value is -2.61. The Morgan fingerprint density at radius 1 is 1.24 bits per heavy atom. The summed E-state index contributed by atoms with van der Waals surface area (Å²) >= 11 is 0. The van der Waals surface area contributed by atoms with Gasteiger partial charge in [0.1, 0.15) is 5.75 Å². The Kier molecular flexibility index (Phi) is 7.09. The molecule has 0 radical (unpaired) electrons. The van der Waals surface area contributed by atoms with Crippen molar-refractivity contribution in [3.63, 3.8) is 0 Å². The molecular formula is C21H32N6O2. The number of likely N-dealkylation sites (N-methyl/N-ethyl adjacent to an activating group) is 1. The fourth-order valence-corrected chi connectivity index (χ4v) is 3.57. The number of aryl methyl sites for hydroxylation is 2. The van der Waals surface area contributed by atoms with Gasteiger partial charge < -0.3 is 20.0 Å². The molecule has 1 aliphatic rings. The standard InChI is InChI=1S/C21H32N6O2/c1-4-8-19-25-20(29-26-19)13-17(27(3)23)21(22)16-11-12-18(14(2)24-16)28-15-9-6-5-7-10-15/h11-12,15H,4-10,13,22-23H2,1-3H3/b21-17-. The molecule has 0 saturated heterocycles. The molecule has 2 heterocycles. The molecule has 3 rings (SSSR count). The van der Waals surface area contributed by atoms with Crippen LogP contribution in [0.2, 0.25) is 0 Å². The van der Waals surface area contributed by atoms with Gasteiger partial charge in [-0.05, 0) is 51.2 Å². The fourth-order valence-electron chi connectivity index (χ4n) is 3.57. The molecule has 0 bridgehead atoms. The van der Waals surface area contributed by atoms with Crippen LogP contribution in [0, 0.1) is 6.92 Å². The maximum absolute atomic E-state index is 6.42. The number of hydrogen-bond donors (Lipinski definition) is 2. The summed E-state index contributed by atoms with van der Waals surface area (Å²) < 4.78 is 11.5. The van der Waals surface area contributed by atoms with E-state index in [4.69, 9.17) is 20.8 Å². The highest BCUT2D eigenvalue weighted by Gasteiger charge is 2.18. The van der Waals surface area contributed by atoms with Crippen LogP contribution in [0.25, 0.3) is 5.70 Å². The number of aromatic nitrogens is 3. The molecule has 1 aliphatic carbocycles. The number of rotatable bonds is 8. The normalized spacial score (nSPS) is 15.9. The molecule has 0 unspecified atom stereocenters. The second kappa shape index (κ2) is 9.73. The van der Waals surface area contributed by atoms with Crippen molar-refractivity contribution in [3.8, 4) is 5.75 Å². The van der Waals surface area contributed by atoms with Gasteiger partial charge in [-0.15, -0.1) is 0 Å². The first-order valence-corrected chi connectivity index (χ1v) is 10.4. The van der Waals surface area contributed by atoms with E-state index in [0.717, 1.165) is 37.1 Å². The van der Waals surface area contributed by atoms with Crippen molar-refractivity contribution in [2.45, 2.75) is 71.3 Å². The van der Waals surface area contributed by atoms with Gasteiger partial charge in [-0.2, -0.15) is 4.98 Å². The molecular weight excluding hydrogens is 368 g/mol. The van der Waals surface area contributed by atoms with Gasteiger partial charge in [0.2, 0.25) is 5.89 Å². The summed E-state index contributed by atoms with van der Waals surface area (Å²) in [5.41, 5.74) is 9.05. The Morgan fingerprint density at radius 2 is 2.00 bits per heavy atom. The molecule has 2 aromatic rings. The van der Waals surface area contributed by atoms with Gasteiger partial charge in [-0.3, -0.25) is 0 Å². The second-order valence-corrected chi connectivity index (χ2v) is 7.66. The van der Waals surface area contributed by atoms with Crippen molar-refractivity contribution < 1.29 is 9.26 Å². The van der Waals surface area contributed by atoms with Gasteiger partial charge >= 0.3 is 0 Å². The predicted octanol–water partition coefficient (Wildman–Crippen LogP) is 3.11. The number of ether oxygens (including phenoxy) is 1. The zero-order valence-electron chi connectivity index (χ0n) is 17.6. The predicted molar refractivity (Wildman–Crippen MR) is 112 cm³/mol. The van der Waals surface area contributed by atoms with Crippen LogP contribution in [0.15, 0.2) is 22.4 Å². The van der Waals surface area contributed by atoms with Gasteiger partial charge in [-0.25, -0.2) is 10.8 Å². The minimum absolute atomic E-state index is 0.281. The summed E-state index contributed by atoms with van der Waals surface area (Å²) in [5, 5.41) is 5.47. The van der Waals surface area contributed by atoms with E-state index in [9.17, 15) is 0 Å². The lowest BCUT2D eigenvalue weighted by atomic mass is 9.98. The van der Waals surface area contributed by atoms with E-state index in [2.05, 4.69) is 22.0 Å². The monoisotopic (exact) mass is 400 g/mol. The van der Waals surface area contributed by atoms with Crippen molar-refractivity contribution in [2.24, 2.45) is 11.6 Å². The van der Waals surface area contributed by atoms with E-state index in [0.29, 0.717) is 35.2 Å². The van der Waals surface area contributed by atoms with E-state index in [-0.39, 0.29) is 6.10 Å². The lowest BCUT2D eigenvalue weighted by Crippen LogP contribution is -2.29. The number of hydrogen-bond acceptors (Lipinski definition) is 8. The molecule has 4 N–H and O–H groups in total. The first-order chi connectivity index (χ1) is 14.0. The average molecular weight is 401 g/mol. The second-order valence-electron chi connectivity index (χ2n) is 7.66. The molecule has 8 nitrogen and oxygen atoms in total. The molecule has 29 heavy (non-hydrogen) atoms. The maximum atomic E-state index is 6.42. The zero-order valence-corrected chi connectivity index (χ0v) is 17.6. The Bertz CT molecular complexity index is 839. The molecule has 0 atom stereocenters. The molecule has 0 spiro atoms. The van der Waals surface area contributed by atoms with E-state index < -0.39 is 0 Å². The lowest BCUT2D eigenvalue weighted by Gasteiger charge is -2.24. The summed E-state index contributed by atoms with van der Waals surface area (Å²) in [5.74, 6) is 8.03. The molecule has 0 aliphatic heterocycles. The quantitative estimate of drug-likeness (QED) is 0.513. The molecule has 0 aromatic carbocycles. The number of nitrogens with two attached hydrogens (primary N) is 2. The highest BCUT2D eigenvalue weighted by molar-refractivity contribution is 5.63. The third-order valence-electron chi connectivity index (χ3n) is 5.20. The number of hydrazine groups is 1. The average Bonchev–Trinajstić information content (AvgIpc) is 3.15. The van der Waals surface area contributed by atoms with Crippen molar-refractivity contribution >= 4 is 5.70 Å². The molecule has 1 fully saturated rings. The van der Waals surface area contributed by atoms with Crippen molar-refractivity contribution in [1.29, 1.82) is 0 Å². The van der Waals surface area contributed by atoms with Gasteiger partial charge in [0.25, 0.3) is 0 Å². The number of nitrogens with zero attached hydrogens (tertiary/aromatic N) is 4. The van der Waals surface area contributed by atoms with Crippen molar-refractivity contribution in [3.05, 3.63) is 40.9 Å². The Labute approximate surface area is 172 Å². The maximum Gasteiger partial charge on any atom is 0.232 e. The Balaban J connectivity index is 1.79. The fraction of sp³-hybridized carbons (Fsp3) is 0.571. The number of allylic oxidation sites excluding steroid dienone is 1. The molecule has 2 aromatic heterocycles. The van der Waals surface area contributed by atoms with Crippen LogP contribution in [-0.4, -0.2) is 33.3 Å². The zero-order chi connectivity index (χ0) is 20.8. The topological polar surface area (TPSA) is 116 Å². The van der Waals surface area contributed by atoms with Gasteiger partial charge in [0.15, 0.2) is 5.82 Å². The molecule has 1 saturated carbocycles. The number of pyridine rings is 1. The van der Waals surface area contributed by atoms with Gasteiger partial charge in [0, 0.05) is 13.5 Å². The highest BCUT2D eigenvalue weighted by Crippen LogP contribution is 2.26. The summed E-state index contributed by atoms with van der Waals surface area (Å²) in [6.07, 6.45) is 8.33. The van der Waals surface area contributed by atoms with Gasteiger partial charge in [0.05, 0.1) is 35.3 Å². The minimum Gasteiger partial charge on any atom is -0.489 e. The van der Waals surface area contributed by atoms with E-state index >= 15 is 0 Å². The van der Waals surface area contributed by atoms with E-state index in [1.165, 1.54) is 24.3 Å². The smallest absolute Gasteiger partial charge is 0.232 e. The molecule has 158 valence electrons. The van der Waals surface area contributed by atoms with Crippen LogP contribution in [0.3, 0.4) is 0 Å².